The van der Waals surface area contributed by atoms with Crippen molar-refractivity contribution in [2.45, 2.75) is 118 Å². The molecule has 1 fully saturated rings. The highest BCUT2D eigenvalue weighted by Crippen LogP contribution is 2.34. The van der Waals surface area contributed by atoms with Crippen LogP contribution in [0.3, 0.4) is 0 Å². The molecule has 1 unspecified atom stereocenters. The summed E-state index contributed by atoms with van der Waals surface area (Å²) in [4.78, 5) is 37.1. The van der Waals surface area contributed by atoms with Crippen LogP contribution in [0.1, 0.15) is 106 Å². The summed E-state index contributed by atoms with van der Waals surface area (Å²) in [6, 6.07) is 0. The number of unbranched alkanes of at least 4 members (excludes halogenated alkanes) is 4. The molecule has 1 aliphatic heterocycles. The van der Waals surface area contributed by atoms with Gasteiger partial charge in [0.25, 0.3) is 0 Å². The lowest BCUT2D eigenvalue weighted by atomic mass is 9.85. The average Bonchev–Trinajstić information content (AvgIpc) is 2.82. The van der Waals surface area contributed by atoms with Gasteiger partial charge in [-0.15, -0.1) is 0 Å². The summed E-state index contributed by atoms with van der Waals surface area (Å²) in [6.45, 7) is 14.8. The quantitative estimate of drug-likeness (QED) is 0.157. The van der Waals surface area contributed by atoms with Crippen molar-refractivity contribution < 1.29 is 28.6 Å². The van der Waals surface area contributed by atoms with Crippen LogP contribution in [0.2, 0.25) is 0 Å². The predicted octanol–water partition coefficient (Wildman–Crippen LogP) is 5.05. The van der Waals surface area contributed by atoms with Gasteiger partial charge in [-0.1, -0.05) is 66.0 Å². The maximum absolute atomic E-state index is 12.6. The molecule has 0 aromatic carbocycles. The van der Waals surface area contributed by atoms with Gasteiger partial charge in [-0.05, 0) is 46.0 Å². The molecule has 8 heteroatoms. The van der Waals surface area contributed by atoms with Crippen LogP contribution in [0, 0.1) is 10.8 Å². The number of hydrogen-bond donors (Lipinski definition) is 2. The van der Waals surface area contributed by atoms with Gasteiger partial charge in [-0.3, -0.25) is 14.4 Å². The number of rotatable bonds is 17. The minimum Gasteiger partial charge on any atom is -0.466 e. The van der Waals surface area contributed by atoms with Crippen LogP contribution in [0.15, 0.2) is 12.2 Å². The first-order valence-corrected chi connectivity index (χ1v) is 14.0. The Balaban J connectivity index is 2.16. The van der Waals surface area contributed by atoms with Gasteiger partial charge >= 0.3 is 5.97 Å². The normalized spacial score (nSPS) is 18.9. The van der Waals surface area contributed by atoms with E-state index in [1.807, 2.05) is 27.7 Å². The molecule has 0 radical (unpaired) electrons. The molecule has 0 bridgehead atoms. The minimum atomic E-state index is -0.827. The first-order valence-electron chi connectivity index (χ1n) is 14.0. The molecule has 1 rings (SSSR count). The summed E-state index contributed by atoms with van der Waals surface area (Å²) in [6.07, 6.45) is 12.1. The van der Waals surface area contributed by atoms with Crippen molar-refractivity contribution >= 4 is 17.8 Å². The highest BCUT2D eigenvalue weighted by molar-refractivity contribution is 5.82. The first-order chi connectivity index (χ1) is 17.3. The van der Waals surface area contributed by atoms with Crippen molar-refractivity contribution in [1.29, 1.82) is 0 Å². The minimum absolute atomic E-state index is 0.0291. The third kappa shape index (κ3) is 13.4. The summed E-state index contributed by atoms with van der Waals surface area (Å²) < 4.78 is 16.7. The van der Waals surface area contributed by atoms with Crippen LogP contribution in [0.5, 0.6) is 0 Å². The van der Waals surface area contributed by atoms with E-state index in [-0.39, 0.29) is 37.4 Å². The lowest BCUT2D eigenvalue weighted by Crippen LogP contribution is -2.56. The molecule has 0 saturated carbocycles. The van der Waals surface area contributed by atoms with Gasteiger partial charge in [-0.25, -0.2) is 0 Å². The number of allylic oxidation sites excluding steroid dienone is 2. The van der Waals surface area contributed by atoms with Gasteiger partial charge in [0.2, 0.25) is 11.8 Å². The smallest absolute Gasteiger partial charge is 0.307 e. The zero-order valence-corrected chi connectivity index (χ0v) is 24.4. The number of esters is 1. The number of amides is 2. The van der Waals surface area contributed by atoms with E-state index in [1.165, 1.54) is 12.8 Å². The highest BCUT2D eigenvalue weighted by atomic mass is 16.7. The number of nitrogens with one attached hydrogen (secondary N) is 2. The molecular formula is C29H52N2O6. The van der Waals surface area contributed by atoms with E-state index in [0.29, 0.717) is 19.6 Å². The lowest BCUT2D eigenvalue weighted by Gasteiger charge is -2.44. The third-order valence-electron chi connectivity index (χ3n) is 6.57. The van der Waals surface area contributed by atoms with Crippen molar-refractivity contribution in [3.05, 3.63) is 12.2 Å². The predicted molar refractivity (Wildman–Crippen MR) is 146 cm³/mol. The van der Waals surface area contributed by atoms with E-state index in [1.54, 1.807) is 13.8 Å². The monoisotopic (exact) mass is 524 g/mol. The molecule has 214 valence electrons. The summed E-state index contributed by atoms with van der Waals surface area (Å²) in [5, 5.41) is 5.72. The molecule has 0 aliphatic carbocycles. The largest absolute Gasteiger partial charge is 0.466 e. The Morgan fingerprint density at radius 3 is 2.32 bits per heavy atom. The van der Waals surface area contributed by atoms with Crippen molar-refractivity contribution in [1.82, 2.24) is 10.6 Å². The van der Waals surface area contributed by atoms with Gasteiger partial charge in [0, 0.05) is 23.9 Å². The fourth-order valence-electron chi connectivity index (χ4n) is 3.97. The Hall–Kier alpha value is -1.93. The SMILES string of the molecule is CCCCC=CCCCCC(C)(C)C(=O)NCCCOC(=O)CCNC(=O)C1OC(C)(C)OCC1(C)C. The van der Waals surface area contributed by atoms with Crippen molar-refractivity contribution in [2.75, 3.05) is 26.3 Å². The number of ether oxygens (including phenoxy) is 3. The average molecular weight is 525 g/mol. The van der Waals surface area contributed by atoms with E-state index in [9.17, 15) is 14.4 Å². The molecule has 0 aromatic heterocycles. The van der Waals surface area contributed by atoms with Crippen LogP contribution in [-0.4, -0.2) is 56.0 Å². The molecule has 2 N–H and O–H groups in total. The first kappa shape index (κ1) is 33.1. The summed E-state index contributed by atoms with van der Waals surface area (Å²) in [5.41, 5.74) is -0.886. The van der Waals surface area contributed by atoms with Gasteiger partial charge < -0.3 is 24.8 Å². The van der Waals surface area contributed by atoms with Crippen LogP contribution in [0.25, 0.3) is 0 Å². The summed E-state index contributed by atoms with van der Waals surface area (Å²) in [5.74, 6) is -1.45. The van der Waals surface area contributed by atoms with E-state index in [2.05, 4.69) is 29.7 Å². The second-order valence-corrected chi connectivity index (χ2v) is 11.8. The van der Waals surface area contributed by atoms with E-state index in [0.717, 1.165) is 32.1 Å². The Labute approximate surface area is 224 Å². The Bertz CT molecular complexity index is 745. The Kier molecular flexibility index (Phi) is 14.4. The van der Waals surface area contributed by atoms with Crippen LogP contribution < -0.4 is 10.6 Å². The molecule has 1 heterocycles. The molecule has 37 heavy (non-hydrogen) atoms. The standard InChI is InChI=1S/C29H52N2O6/c1-8-9-10-11-12-13-14-15-18-27(2,3)26(34)31-19-16-21-35-23(32)17-20-30-25(33)24-28(4,5)22-36-29(6,7)37-24/h11-12,24H,8-10,13-22H2,1-7H3,(H,30,33)(H,31,34). The number of hydrogen-bond acceptors (Lipinski definition) is 6. The van der Waals surface area contributed by atoms with Gasteiger partial charge in [0.05, 0.1) is 19.6 Å². The fraction of sp³-hybridized carbons (Fsp3) is 0.828. The Morgan fingerprint density at radius 2 is 1.65 bits per heavy atom. The van der Waals surface area contributed by atoms with E-state index < -0.39 is 22.7 Å². The molecule has 1 saturated heterocycles. The van der Waals surface area contributed by atoms with Gasteiger partial charge in [-0.2, -0.15) is 0 Å². The molecule has 2 amide bonds. The zero-order valence-electron chi connectivity index (χ0n) is 24.4. The molecule has 8 nitrogen and oxygen atoms in total. The lowest BCUT2D eigenvalue weighted by molar-refractivity contribution is -0.304. The van der Waals surface area contributed by atoms with E-state index >= 15 is 0 Å². The second kappa shape index (κ2) is 16.1. The topological polar surface area (TPSA) is 103 Å². The number of carbonyl (C=O) groups excluding carboxylic acids is 3. The fourth-order valence-corrected chi connectivity index (χ4v) is 3.97. The van der Waals surface area contributed by atoms with Crippen LogP contribution >= 0.6 is 0 Å². The molecule has 0 spiro atoms. The molecule has 1 atom stereocenters. The van der Waals surface area contributed by atoms with Crippen LogP contribution in [0.4, 0.5) is 0 Å². The van der Waals surface area contributed by atoms with Crippen molar-refractivity contribution in [3.8, 4) is 0 Å². The van der Waals surface area contributed by atoms with Crippen LogP contribution in [-0.2, 0) is 28.6 Å². The third-order valence-corrected chi connectivity index (χ3v) is 6.57. The van der Waals surface area contributed by atoms with Gasteiger partial charge in [0.1, 0.15) is 6.10 Å². The maximum atomic E-state index is 12.6. The Morgan fingerprint density at radius 1 is 0.973 bits per heavy atom. The summed E-state index contributed by atoms with van der Waals surface area (Å²) >= 11 is 0. The molecule has 1 aliphatic rings. The van der Waals surface area contributed by atoms with Crippen molar-refractivity contribution in [3.63, 3.8) is 0 Å². The maximum Gasteiger partial charge on any atom is 0.307 e. The van der Waals surface area contributed by atoms with Gasteiger partial charge in [0.15, 0.2) is 5.79 Å². The van der Waals surface area contributed by atoms with E-state index in [4.69, 9.17) is 14.2 Å². The molecular weight excluding hydrogens is 472 g/mol. The zero-order chi connectivity index (χ0) is 28.0. The van der Waals surface area contributed by atoms with Crippen molar-refractivity contribution in [2.24, 2.45) is 10.8 Å². The second-order valence-electron chi connectivity index (χ2n) is 11.8. The highest BCUT2D eigenvalue weighted by Gasteiger charge is 2.45. The number of carbonyl (C=O) groups is 3. The summed E-state index contributed by atoms with van der Waals surface area (Å²) in [7, 11) is 0. The molecule has 0 aromatic rings.